The van der Waals surface area contributed by atoms with E-state index in [1.54, 1.807) is 7.11 Å². The summed E-state index contributed by atoms with van der Waals surface area (Å²) in [6.07, 6.45) is 4.17. The van der Waals surface area contributed by atoms with Crippen molar-refractivity contribution >= 4 is 22.4 Å². The molecule has 2 aliphatic heterocycles. The van der Waals surface area contributed by atoms with Crippen molar-refractivity contribution in [3.8, 4) is 17.9 Å². The fraction of sp³-hybridized carbons (Fsp3) is 0.484. The largest absolute Gasteiger partial charge is 0.495 e. The van der Waals surface area contributed by atoms with E-state index < -0.39 is 0 Å². The molecule has 8 heteroatoms. The van der Waals surface area contributed by atoms with Crippen molar-refractivity contribution in [1.29, 1.82) is 10.5 Å². The normalized spacial score (nSPS) is 17.9. The van der Waals surface area contributed by atoms with Crippen molar-refractivity contribution in [2.75, 3.05) is 43.5 Å². The quantitative estimate of drug-likeness (QED) is 0.452. The third kappa shape index (κ3) is 5.48. The molecular weight excluding hydrogens is 486 g/mol. The minimum absolute atomic E-state index is 0.0396. The molecule has 0 unspecified atom stereocenters. The number of hydrogen-bond donors (Lipinski definition) is 1. The molecule has 1 N–H and O–H groups in total. The topological polar surface area (TPSA) is 101 Å². The number of anilines is 2. The summed E-state index contributed by atoms with van der Waals surface area (Å²) >= 11 is 0. The molecule has 0 spiro atoms. The van der Waals surface area contributed by atoms with E-state index in [1.807, 2.05) is 32.0 Å². The van der Waals surface area contributed by atoms with Crippen LogP contribution in [0, 0.1) is 42.4 Å². The number of benzene rings is 2. The molecule has 5 rings (SSSR count). The lowest BCUT2D eigenvalue weighted by atomic mass is 9.94. The third-order valence-corrected chi connectivity index (χ3v) is 8.46. The third-order valence-electron chi connectivity index (χ3n) is 8.46. The van der Waals surface area contributed by atoms with Gasteiger partial charge in [0.15, 0.2) is 0 Å². The summed E-state index contributed by atoms with van der Waals surface area (Å²) in [6, 6.07) is 15.3. The van der Waals surface area contributed by atoms with Crippen molar-refractivity contribution < 1.29 is 4.74 Å². The summed E-state index contributed by atoms with van der Waals surface area (Å²) in [5, 5.41) is 23.3. The van der Waals surface area contributed by atoms with Crippen LogP contribution in [0.15, 0.2) is 30.3 Å². The molecular formula is C31H37N7O. The van der Waals surface area contributed by atoms with Gasteiger partial charge in [-0.15, -0.1) is 0 Å². The van der Waals surface area contributed by atoms with Crippen molar-refractivity contribution in [1.82, 2.24) is 14.9 Å². The van der Waals surface area contributed by atoms with Gasteiger partial charge in [-0.2, -0.15) is 10.5 Å². The Labute approximate surface area is 231 Å². The maximum absolute atomic E-state index is 9.49. The van der Waals surface area contributed by atoms with Crippen LogP contribution in [0.1, 0.15) is 61.2 Å². The molecule has 0 saturated carbocycles. The predicted molar refractivity (Wildman–Crippen MR) is 154 cm³/mol. The fourth-order valence-corrected chi connectivity index (χ4v) is 6.17. The van der Waals surface area contributed by atoms with Crippen LogP contribution in [-0.4, -0.2) is 54.2 Å². The highest BCUT2D eigenvalue weighted by Crippen LogP contribution is 2.38. The smallest absolute Gasteiger partial charge is 0.144 e. The van der Waals surface area contributed by atoms with E-state index >= 15 is 0 Å². The number of nitriles is 2. The standard InChI is InChI=1S/C31H37N7O/c1-20-24(19-33)6-5-7-26(20)21(2)34-31-27-16-29(30(39-4)17-28(27)35-22(3)36-31)38-14-10-25(11-15-38)37-12-8-23(18-32)9-13-37/h5-7,16-17,21,23,25H,8-15H2,1-4H3,(H,34,35,36)/t21-/m1/s1. The number of aromatic nitrogens is 2. The highest BCUT2D eigenvalue weighted by molar-refractivity contribution is 5.94. The Morgan fingerprint density at radius 3 is 2.44 bits per heavy atom. The number of likely N-dealkylation sites (tertiary alicyclic amines) is 1. The summed E-state index contributed by atoms with van der Waals surface area (Å²) in [5.74, 6) is 2.52. The monoisotopic (exact) mass is 523 g/mol. The molecule has 39 heavy (non-hydrogen) atoms. The Morgan fingerprint density at radius 2 is 1.77 bits per heavy atom. The molecule has 3 aromatic rings. The maximum Gasteiger partial charge on any atom is 0.144 e. The first-order valence-corrected chi connectivity index (χ1v) is 13.9. The Morgan fingerprint density at radius 1 is 1.03 bits per heavy atom. The number of piperidine rings is 2. The van der Waals surface area contributed by atoms with E-state index in [0.29, 0.717) is 17.4 Å². The number of nitrogens with zero attached hydrogens (tertiary/aromatic N) is 6. The lowest BCUT2D eigenvalue weighted by Gasteiger charge is -2.41. The highest BCUT2D eigenvalue weighted by Gasteiger charge is 2.29. The number of nitrogens with one attached hydrogen (secondary N) is 1. The van der Waals surface area contributed by atoms with E-state index in [4.69, 9.17) is 14.7 Å². The van der Waals surface area contributed by atoms with Gasteiger partial charge in [-0.05, 0) is 82.8 Å². The molecule has 8 nitrogen and oxygen atoms in total. The van der Waals surface area contributed by atoms with Gasteiger partial charge in [0, 0.05) is 36.5 Å². The van der Waals surface area contributed by atoms with Crippen molar-refractivity contribution in [3.63, 3.8) is 0 Å². The van der Waals surface area contributed by atoms with Gasteiger partial charge in [0.2, 0.25) is 0 Å². The minimum Gasteiger partial charge on any atom is -0.495 e. The zero-order valence-corrected chi connectivity index (χ0v) is 23.4. The first-order valence-electron chi connectivity index (χ1n) is 13.9. The average Bonchev–Trinajstić information content (AvgIpc) is 2.96. The van der Waals surface area contributed by atoms with Crippen LogP contribution in [0.2, 0.25) is 0 Å². The van der Waals surface area contributed by atoms with Gasteiger partial charge in [0.1, 0.15) is 17.4 Å². The molecule has 2 aliphatic rings. The van der Waals surface area contributed by atoms with Crippen LogP contribution in [0.3, 0.4) is 0 Å². The number of methoxy groups -OCH3 is 1. The van der Waals surface area contributed by atoms with Crippen LogP contribution in [0.4, 0.5) is 11.5 Å². The summed E-state index contributed by atoms with van der Waals surface area (Å²) in [4.78, 5) is 14.5. The SMILES string of the molecule is COc1cc2nc(C)nc(N[C@H](C)c3cccc(C#N)c3C)c2cc1N1CCC(N2CCC(C#N)CC2)CC1. The zero-order valence-electron chi connectivity index (χ0n) is 23.4. The molecule has 3 heterocycles. The van der Waals surface area contributed by atoms with E-state index in [9.17, 15) is 10.5 Å². The number of aryl methyl sites for hydroxylation is 1. The second-order valence-corrected chi connectivity index (χ2v) is 10.8. The Hall–Kier alpha value is -3.88. The minimum atomic E-state index is -0.0396. The molecule has 2 fully saturated rings. The molecule has 0 bridgehead atoms. The van der Waals surface area contributed by atoms with Crippen LogP contribution < -0.4 is 15.0 Å². The van der Waals surface area contributed by atoms with Gasteiger partial charge >= 0.3 is 0 Å². The molecule has 1 aromatic heterocycles. The summed E-state index contributed by atoms with van der Waals surface area (Å²) in [7, 11) is 1.72. The lowest BCUT2D eigenvalue weighted by molar-refractivity contribution is 0.127. The van der Waals surface area contributed by atoms with E-state index in [0.717, 1.165) is 91.1 Å². The number of rotatable bonds is 6. The van der Waals surface area contributed by atoms with Gasteiger partial charge in [-0.25, -0.2) is 9.97 Å². The zero-order chi connectivity index (χ0) is 27.5. The molecule has 2 saturated heterocycles. The van der Waals surface area contributed by atoms with Gasteiger partial charge in [0.05, 0.1) is 42.1 Å². The molecule has 202 valence electrons. The van der Waals surface area contributed by atoms with Crippen molar-refractivity contribution in [2.24, 2.45) is 5.92 Å². The van der Waals surface area contributed by atoms with Gasteiger partial charge in [-0.3, -0.25) is 0 Å². The van der Waals surface area contributed by atoms with E-state index in [-0.39, 0.29) is 12.0 Å². The van der Waals surface area contributed by atoms with Gasteiger partial charge in [-0.1, -0.05) is 12.1 Å². The van der Waals surface area contributed by atoms with Crippen molar-refractivity contribution in [2.45, 2.75) is 58.5 Å². The van der Waals surface area contributed by atoms with Gasteiger partial charge < -0.3 is 19.9 Å². The molecule has 2 aromatic carbocycles. The summed E-state index contributed by atoms with van der Waals surface area (Å²) in [5.41, 5.74) is 4.66. The average molecular weight is 524 g/mol. The molecule has 0 radical (unpaired) electrons. The fourth-order valence-electron chi connectivity index (χ4n) is 6.17. The highest BCUT2D eigenvalue weighted by atomic mass is 16.5. The van der Waals surface area contributed by atoms with E-state index in [1.165, 1.54) is 0 Å². The van der Waals surface area contributed by atoms with E-state index in [2.05, 4.69) is 46.3 Å². The van der Waals surface area contributed by atoms with Crippen LogP contribution in [0.25, 0.3) is 10.9 Å². The number of fused-ring (bicyclic) bond motifs is 1. The number of hydrogen-bond acceptors (Lipinski definition) is 8. The maximum atomic E-state index is 9.49. The van der Waals surface area contributed by atoms with Gasteiger partial charge in [0.25, 0.3) is 0 Å². The summed E-state index contributed by atoms with van der Waals surface area (Å²) < 4.78 is 5.85. The predicted octanol–water partition coefficient (Wildman–Crippen LogP) is 5.50. The molecule has 1 atom stereocenters. The first-order chi connectivity index (χ1) is 18.9. The van der Waals surface area contributed by atoms with Crippen molar-refractivity contribution in [3.05, 3.63) is 52.8 Å². The summed E-state index contributed by atoms with van der Waals surface area (Å²) in [6.45, 7) is 9.97. The van der Waals surface area contributed by atoms with Crippen LogP contribution in [0.5, 0.6) is 5.75 Å². The van der Waals surface area contributed by atoms with Crippen LogP contribution >= 0.6 is 0 Å². The lowest BCUT2D eigenvalue weighted by Crippen LogP contribution is -2.47. The number of ether oxygens (including phenoxy) is 1. The first kappa shape index (κ1) is 26.7. The molecule has 0 aliphatic carbocycles. The molecule has 0 amide bonds. The second-order valence-electron chi connectivity index (χ2n) is 10.8. The second kappa shape index (κ2) is 11.5. The van der Waals surface area contributed by atoms with Crippen LogP contribution in [-0.2, 0) is 0 Å². The Bertz CT molecular complexity index is 1420. The Balaban J connectivity index is 1.40. The Kier molecular flexibility index (Phi) is 7.86.